The molecular weight excluding hydrogens is 1470 g/mol. The molecule has 0 spiro atoms. The number of aliphatic hydroxyl groups excluding tert-OH is 2. The summed E-state index contributed by atoms with van der Waals surface area (Å²) in [5.41, 5.74) is 77.6. The van der Waals surface area contributed by atoms with Crippen molar-refractivity contribution in [3.63, 3.8) is 0 Å². The largest absolute Gasteiger partial charge is 0.480 e. The maximum atomic E-state index is 14.7. The number of primary amides is 2. The van der Waals surface area contributed by atoms with Crippen LogP contribution in [0.25, 0.3) is 0 Å². The molecule has 0 fully saturated rings. The summed E-state index contributed by atoms with van der Waals surface area (Å²) < 4.78 is 0. The number of nitrogens with two attached hydrogens (primary N) is 14. The van der Waals surface area contributed by atoms with Gasteiger partial charge in [0.15, 0.2) is 29.8 Å². The molecule has 48 heteroatoms. The van der Waals surface area contributed by atoms with Crippen LogP contribution in [0.1, 0.15) is 129 Å². The molecule has 13 atom stereocenters. The second kappa shape index (κ2) is 55.5. The van der Waals surface area contributed by atoms with Gasteiger partial charge in [-0.2, -0.15) is 11.8 Å². The van der Waals surface area contributed by atoms with E-state index in [-0.39, 0.29) is 158 Å². The molecule has 0 aliphatic carbocycles. The number of nitrogens with zero attached hydrogens (tertiary/aromatic N) is 5. The molecule has 47 nitrogen and oxygen atoms in total. The number of aliphatic hydroxyl groups is 2. The number of hydrogen-bond acceptors (Lipinski definition) is 24. The zero-order chi connectivity index (χ0) is 83.6. The van der Waals surface area contributed by atoms with Crippen molar-refractivity contribution in [1.82, 2.24) is 58.5 Å². The molecule has 0 aromatic carbocycles. The molecule has 0 bridgehead atoms. The molecule has 0 unspecified atom stereocenters. The number of guanidine groups is 5. The summed E-state index contributed by atoms with van der Waals surface area (Å²) in [7, 11) is 0. The number of thioether (sulfide) groups is 1. The van der Waals surface area contributed by atoms with Gasteiger partial charge < -0.3 is 154 Å². The van der Waals surface area contributed by atoms with Crippen molar-refractivity contribution in [3.8, 4) is 0 Å². The minimum absolute atomic E-state index is 0.00468. The first-order valence-corrected chi connectivity index (χ1v) is 36.8. The van der Waals surface area contributed by atoms with E-state index in [2.05, 4.69) is 83.4 Å². The Balaban J connectivity index is 7.52. The standard InChI is InChI=1S/C62H118N30O17S/c1-4-31(2)45(57(108)109)92-54(105)38(17-11-26-81-62(75)76)87-53(104)40(20-27-110-3)89-55(106)41(28-44(66)96)90-56(107)42(30-94)91-51(102)37(16-10-25-80-61(73)74)86-52(103)39(18-19-43(65)95)88-50(101)36(15-9-24-79-60(71)72)84-47(98)33(12-5-6-21-63)83-49(100)35(14-8-23-78-59(69)70)85-48(99)34(13-7-22-77-58(67)68)82-46(97)32(64)29-93/h31-42,45,93-94H,4-30,63-64H2,1-3H3,(H2,65,95)(H2,66,96)(H,82,97)(H,83,100)(H,84,98)(H,85,99)(H,86,103)(H,87,104)(H,88,101)(H,89,106)(H,90,107)(H,91,102)(H,92,105)(H,108,109)(H4,67,68,77)(H4,69,70,78)(H4,71,72,79)(H4,73,74,80)(H4,75,76,81)/t31-,32-,33-,34-,35-,36-,37-,38-,39-,40-,41-,42-,45-/m0/s1. The highest BCUT2D eigenvalue weighted by atomic mass is 32.2. The lowest BCUT2D eigenvalue weighted by Gasteiger charge is -2.28. The van der Waals surface area contributed by atoms with Gasteiger partial charge in [0.05, 0.1) is 19.6 Å². The highest BCUT2D eigenvalue weighted by Gasteiger charge is 2.38. The highest BCUT2D eigenvalue weighted by Crippen LogP contribution is 2.14. The fourth-order valence-corrected chi connectivity index (χ4v) is 10.5. The van der Waals surface area contributed by atoms with Gasteiger partial charge in [0.2, 0.25) is 76.8 Å². The number of amides is 13. The second-order valence-electron chi connectivity index (χ2n) is 25.3. The Kier molecular flexibility index (Phi) is 50.0. The average Bonchev–Trinajstić information content (AvgIpc) is 0.853. The Labute approximate surface area is 640 Å². The van der Waals surface area contributed by atoms with Gasteiger partial charge in [-0.3, -0.25) is 87.3 Å². The van der Waals surface area contributed by atoms with Crippen molar-refractivity contribution in [2.75, 3.05) is 64.5 Å². The molecule has 0 aliphatic heterocycles. The molecule has 624 valence electrons. The quantitative estimate of drug-likeness (QED) is 0.0153. The van der Waals surface area contributed by atoms with Gasteiger partial charge in [-0.25, -0.2) is 4.79 Å². The van der Waals surface area contributed by atoms with E-state index in [1.807, 2.05) is 0 Å². The molecule has 0 aromatic rings. The summed E-state index contributed by atoms with van der Waals surface area (Å²) >= 11 is 1.24. The van der Waals surface area contributed by atoms with Crippen LogP contribution in [0, 0.1) is 5.92 Å². The molecule has 42 N–H and O–H groups in total. The van der Waals surface area contributed by atoms with Gasteiger partial charge in [-0.15, -0.1) is 0 Å². The first kappa shape index (κ1) is 99.1. The predicted octanol–water partition coefficient (Wildman–Crippen LogP) is -12.9. The summed E-state index contributed by atoms with van der Waals surface area (Å²) in [5, 5.41) is 57.0. The smallest absolute Gasteiger partial charge is 0.326 e. The van der Waals surface area contributed by atoms with Crippen molar-refractivity contribution < 1.29 is 82.4 Å². The topological polar surface area (TPSA) is 858 Å². The van der Waals surface area contributed by atoms with Crippen LogP contribution in [0.15, 0.2) is 25.0 Å². The Hall–Kier alpha value is -10.9. The molecule has 0 rings (SSSR count). The van der Waals surface area contributed by atoms with Crippen LogP contribution >= 0.6 is 11.8 Å². The molecule has 0 saturated heterocycles. The number of carboxylic acid groups (broad SMARTS) is 1. The maximum Gasteiger partial charge on any atom is 0.326 e. The van der Waals surface area contributed by atoms with Crippen LogP contribution in [0.4, 0.5) is 0 Å². The maximum absolute atomic E-state index is 14.7. The van der Waals surface area contributed by atoms with E-state index < -0.39 is 194 Å². The molecule has 0 aromatic heterocycles. The number of aliphatic imine (C=N–C) groups is 5. The lowest BCUT2D eigenvalue weighted by Crippen LogP contribution is -2.61. The van der Waals surface area contributed by atoms with Gasteiger partial charge in [-0.1, -0.05) is 20.3 Å². The third-order valence-corrected chi connectivity index (χ3v) is 16.8. The first-order valence-electron chi connectivity index (χ1n) is 35.4. The summed E-state index contributed by atoms with van der Waals surface area (Å²) in [6.45, 7) is 1.08. The number of aliphatic carboxylic acids is 1. The van der Waals surface area contributed by atoms with Gasteiger partial charge in [0.1, 0.15) is 72.5 Å². The van der Waals surface area contributed by atoms with E-state index in [0.29, 0.717) is 12.8 Å². The molecule has 0 heterocycles. The Morgan fingerprint density at radius 1 is 0.355 bits per heavy atom. The van der Waals surface area contributed by atoms with Crippen LogP contribution in [0.2, 0.25) is 0 Å². The minimum Gasteiger partial charge on any atom is -0.480 e. The molecule has 110 heavy (non-hydrogen) atoms. The molecule has 0 saturated carbocycles. The van der Waals surface area contributed by atoms with E-state index >= 15 is 0 Å². The zero-order valence-corrected chi connectivity index (χ0v) is 63.2. The average molecular weight is 1590 g/mol. The number of carboxylic acids is 1. The number of unbranched alkanes of at least 4 members (excludes halogenated alkanes) is 1. The van der Waals surface area contributed by atoms with Crippen LogP contribution < -0.4 is 139 Å². The van der Waals surface area contributed by atoms with Crippen LogP contribution in [-0.2, 0) is 67.1 Å². The number of hydrogen-bond donors (Lipinski definition) is 28. The van der Waals surface area contributed by atoms with Crippen molar-refractivity contribution >= 4 is 124 Å². The van der Waals surface area contributed by atoms with Crippen molar-refractivity contribution in [3.05, 3.63) is 0 Å². The Morgan fingerprint density at radius 3 is 0.900 bits per heavy atom. The summed E-state index contributed by atoms with van der Waals surface area (Å²) in [5.74, 6) is -17.1. The predicted molar refractivity (Wildman–Crippen MR) is 408 cm³/mol. The molecular formula is C62H118N30O17S. The Morgan fingerprint density at radius 2 is 0.627 bits per heavy atom. The number of carbonyl (C=O) groups excluding carboxylic acids is 13. The van der Waals surface area contributed by atoms with Gasteiger partial charge in [0, 0.05) is 39.1 Å². The molecule has 0 radical (unpaired) electrons. The minimum atomic E-state index is -2.01. The second-order valence-corrected chi connectivity index (χ2v) is 26.3. The summed E-state index contributed by atoms with van der Waals surface area (Å²) in [4.78, 5) is 212. The fourth-order valence-electron chi connectivity index (χ4n) is 10.0. The third kappa shape index (κ3) is 43.2. The first-order chi connectivity index (χ1) is 51.9. The van der Waals surface area contributed by atoms with Crippen LogP contribution in [0.3, 0.4) is 0 Å². The zero-order valence-electron chi connectivity index (χ0n) is 62.4. The van der Waals surface area contributed by atoms with E-state index in [1.165, 1.54) is 11.8 Å². The number of rotatable bonds is 59. The van der Waals surface area contributed by atoms with E-state index in [9.17, 15) is 82.4 Å². The van der Waals surface area contributed by atoms with Crippen molar-refractivity contribution in [2.24, 2.45) is 111 Å². The normalized spacial score (nSPS) is 14.4. The van der Waals surface area contributed by atoms with E-state index in [0.717, 1.165) is 0 Å². The highest BCUT2D eigenvalue weighted by molar-refractivity contribution is 7.98. The van der Waals surface area contributed by atoms with Gasteiger partial charge >= 0.3 is 5.97 Å². The number of carbonyl (C=O) groups is 14. The SMILES string of the molecule is CC[C@H](C)[C@H](NC(=O)[C@H](CCCN=C(N)N)NC(=O)[C@H](CCSC)NC(=O)[C@H](CC(N)=O)NC(=O)[C@H](CO)NC(=O)[C@H](CCCN=C(N)N)NC(=O)[C@H](CCC(N)=O)NC(=O)[C@H](CCCN=C(N)N)NC(=O)[C@H](CCCCN)NC(=O)[C@H](CCCN=C(N)N)NC(=O)[C@H](CCCN=C(N)N)NC(=O)[C@@H](N)CO)C(=O)O. The molecule has 0 aliphatic rings. The van der Waals surface area contributed by atoms with Crippen molar-refractivity contribution in [1.29, 1.82) is 0 Å². The lowest BCUT2D eigenvalue weighted by molar-refractivity contribution is -0.144. The van der Waals surface area contributed by atoms with Gasteiger partial charge in [0.25, 0.3) is 0 Å². The van der Waals surface area contributed by atoms with E-state index in [1.54, 1.807) is 20.1 Å². The van der Waals surface area contributed by atoms with Crippen LogP contribution in [0.5, 0.6) is 0 Å². The lowest BCUT2D eigenvalue weighted by atomic mass is 9.98. The third-order valence-electron chi connectivity index (χ3n) is 16.2. The van der Waals surface area contributed by atoms with Gasteiger partial charge in [-0.05, 0) is 121 Å². The summed E-state index contributed by atoms with van der Waals surface area (Å²) in [6, 6.07) is -19.3. The van der Waals surface area contributed by atoms with Crippen LogP contribution in [-0.4, -0.2) is 265 Å². The summed E-state index contributed by atoms with van der Waals surface area (Å²) in [6.07, 6.45) is -0.795. The fraction of sp³-hybridized carbons (Fsp3) is 0.694. The number of nitrogens with one attached hydrogen (secondary N) is 11. The van der Waals surface area contributed by atoms with E-state index in [4.69, 9.17) is 80.3 Å². The molecule has 13 amide bonds. The van der Waals surface area contributed by atoms with Crippen molar-refractivity contribution in [2.45, 2.75) is 202 Å². The monoisotopic (exact) mass is 1590 g/mol. The Bertz CT molecular complexity index is 3150.